The van der Waals surface area contributed by atoms with Crippen LogP contribution in [0.3, 0.4) is 0 Å². The van der Waals surface area contributed by atoms with E-state index in [9.17, 15) is 4.79 Å². The number of hydrogen-bond donors (Lipinski definition) is 1. The fraction of sp³-hybridized carbons (Fsp3) is 0.938. The van der Waals surface area contributed by atoms with Crippen molar-refractivity contribution in [3.63, 3.8) is 0 Å². The molecule has 1 saturated carbocycles. The highest BCUT2D eigenvalue weighted by Gasteiger charge is 2.37. The van der Waals surface area contributed by atoms with Gasteiger partial charge in [0, 0.05) is 32.1 Å². The minimum Gasteiger partial charge on any atom is -0.340 e. The normalized spacial score (nSPS) is 27.5. The Morgan fingerprint density at radius 1 is 1.05 bits per heavy atom. The van der Waals surface area contributed by atoms with Crippen LogP contribution in [0.1, 0.15) is 51.4 Å². The van der Waals surface area contributed by atoms with Crippen molar-refractivity contribution in [2.45, 2.75) is 57.4 Å². The lowest BCUT2D eigenvalue weighted by atomic mass is 9.71. The van der Waals surface area contributed by atoms with Crippen molar-refractivity contribution in [1.29, 1.82) is 0 Å². The molecular weight excluding hydrogens is 321 g/mol. The first-order chi connectivity index (χ1) is 9.72. The monoisotopic (exact) mass is 351 g/mol. The van der Waals surface area contributed by atoms with E-state index in [1.165, 1.54) is 38.6 Å². The van der Waals surface area contributed by atoms with E-state index < -0.39 is 0 Å². The van der Waals surface area contributed by atoms with Gasteiger partial charge in [0.1, 0.15) is 0 Å². The van der Waals surface area contributed by atoms with E-state index in [1.807, 2.05) is 0 Å². The molecule has 0 spiro atoms. The molecule has 6 heteroatoms. The molecule has 4 nitrogen and oxygen atoms in total. The number of nitrogens with zero attached hydrogens (tertiary/aromatic N) is 2. The van der Waals surface area contributed by atoms with Crippen LogP contribution in [0.15, 0.2) is 0 Å². The summed E-state index contributed by atoms with van der Waals surface area (Å²) in [6.45, 7) is 4.88. The van der Waals surface area contributed by atoms with Crippen LogP contribution in [0.25, 0.3) is 0 Å². The van der Waals surface area contributed by atoms with Crippen LogP contribution in [-0.2, 0) is 4.79 Å². The maximum Gasteiger partial charge on any atom is 0.223 e. The molecule has 2 N–H and O–H groups in total. The molecular formula is C16H31Cl2N3O. The molecule has 1 atom stereocenters. The molecule has 130 valence electrons. The van der Waals surface area contributed by atoms with Crippen molar-refractivity contribution in [2.24, 2.45) is 11.1 Å². The van der Waals surface area contributed by atoms with Crippen molar-refractivity contribution in [1.82, 2.24) is 9.80 Å². The molecule has 0 aromatic heterocycles. The van der Waals surface area contributed by atoms with Crippen LogP contribution in [-0.4, -0.2) is 54.5 Å². The Bertz CT molecular complexity index is 361. The topological polar surface area (TPSA) is 49.6 Å². The third-order valence-electron chi connectivity index (χ3n) is 5.81. The highest BCUT2D eigenvalue weighted by molar-refractivity contribution is 5.85. The zero-order valence-electron chi connectivity index (χ0n) is 13.5. The Hall–Kier alpha value is -0.0300. The summed E-state index contributed by atoms with van der Waals surface area (Å²) in [5.41, 5.74) is 6.14. The smallest absolute Gasteiger partial charge is 0.223 e. The standard InChI is InChI=1S/C16H29N3O.2ClH/c17-13-16(6-2-1-3-7-16)11-15(20)19-10-9-18-8-4-5-14(18)12-19;;/h14H,1-13,17H2;2*1H. The molecule has 2 saturated heterocycles. The Labute approximate surface area is 147 Å². The highest BCUT2D eigenvalue weighted by Crippen LogP contribution is 2.39. The van der Waals surface area contributed by atoms with Crippen molar-refractivity contribution in [2.75, 3.05) is 32.7 Å². The summed E-state index contributed by atoms with van der Waals surface area (Å²) in [6, 6.07) is 0.632. The highest BCUT2D eigenvalue weighted by atomic mass is 35.5. The van der Waals surface area contributed by atoms with Gasteiger partial charge in [-0.25, -0.2) is 0 Å². The fourth-order valence-electron chi connectivity index (χ4n) is 4.41. The predicted molar refractivity (Wildman–Crippen MR) is 94.9 cm³/mol. The van der Waals surface area contributed by atoms with Gasteiger partial charge in [-0.3, -0.25) is 9.69 Å². The van der Waals surface area contributed by atoms with E-state index in [4.69, 9.17) is 5.73 Å². The van der Waals surface area contributed by atoms with Gasteiger partial charge in [0.05, 0.1) is 0 Å². The number of piperazine rings is 1. The molecule has 3 rings (SSSR count). The zero-order valence-corrected chi connectivity index (χ0v) is 15.1. The lowest BCUT2D eigenvalue weighted by Gasteiger charge is -2.41. The number of halogens is 2. The molecule has 3 fully saturated rings. The molecule has 0 radical (unpaired) electrons. The lowest BCUT2D eigenvalue weighted by Crippen LogP contribution is -2.53. The van der Waals surface area contributed by atoms with Gasteiger partial charge in [-0.1, -0.05) is 19.3 Å². The second-order valence-electron chi connectivity index (χ2n) is 7.11. The maximum absolute atomic E-state index is 12.7. The molecule has 1 aliphatic carbocycles. The first-order valence-corrected chi connectivity index (χ1v) is 8.44. The third kappa shape index (κ3) is 4.28. The number of fused-ring (bicyclic) bond motifs is 1. The lowest BCUT2D eigenvalue weighted by molar-refractivity contribution is -0.136. The number of hydrogen-bond acceptors (Lipinski definition) is 3. The molecule has 0 bridgehead atoms. The van der Waals surface area contributed by atoms with Crippen molar-refractivity contribution < 1.29 is 4.79 Å². The van der Waals surface area contributed by atoms with E-state index in [0.717, 1.165) is 32.5 Å². The summed E-state index contributed by atoms with van der Waals surface area (Å²) in [7, 11) is 0. The van der Waals surface area contributed by atoms with E-state index in [2.05, 4.69) is 9.80 Å². The summed E-state index contributed by atoms with van der Waals surface area (Å²) in [4.78, 5) is 17.4. The van der Waals surface area contributed by atoms with E-state index >= 15 is 0 Å². The van der Waals surface area contributed by atoms with Gasteiger partial charge in [-0.15, -0.1) is 24.8 Å². The van der Waals surface area contributed by atoms with Crippen LogP contribution in [0.4, 0.5) is 0 Å². The number of carbonyl (C=O) groups is 1. The maximum atomic E-state index is 12.7. The fourth-order valence-corrected chi connectivity index (χ4v) is 4.41. The van der Waals surface area contributed by atoms with E-state index in [1.54, 1.807) is 0 Å². The van der Waals surface area contributed by atoms with Crippen molar-refractivity contribution in [3.05, 3.63) is 0 Å². The van der Waals surface area contributed by atoms with E-state index in [-0.39, 0.29) is 30.2 Å². The van der Waals surface area contributed by atoms with Crippen molar-refractivity contribution >= 4 is 30.7 Å². The molecule has 1 amide bonds. The summed E-state index contributed by atoms with van der Waals surface area (Å²) in [5.74, 6) is 0.365. The average Bonchev–Trinajstić information content (AvgIpc) is 2.95. The van der Waals surface area contributed by atoms with Crippen LogP contribution < -0.4 is 5.73 Å². The van der Waals surface area contributed by atoms with Gasteiger partial charge < -0.3 is 10.6 Å². The molecule has 0 aromatic carbocycles. The van der Waals surface area contributed by atoms with Crippen LogP contribution in [0, 0.1) is 5.41 Å². The average molecular weight is 352 g/mol. The summed E-state index contributed by atoms with van der Waals surface area (Å²) in [5, 5.41) is 0. The summed E-state index contributed by atoms with van der Waals surface area (Å²) < 4.78 is 0. The van der Waals surface area contributed by atoms with Gasteiger partial charge >= 0.3 is 0 Å². The minimum absolute atomic E-state index is 0. The molecule has 2 aliphatic heterocycles. The number of rotatable bonds is 3. The van der Waals surface area contributed by atoms with Crippen LogP contribution >= 0.6 is 24.8 Å². The summed E-state index contributed by atoms with van der Waals surface area (Å²) >= 11 is 0. The molecule has 22 heavy (non-hydrogen) atoms. The van der Waals surface area contributed by atoms with Crippen LogP contribution in [0.2, 0.25) is 0 Å². The second-order valence-corrected chi connectivity index (χ2v) is 7.11. The van der Waals surface area contributed by atoms with Gasteiger partial charge in [0.15, 0.2) is 0 Å². The molecule has 0 aromatic rings. The molecule has 1 unspecified atom stereocenters. The Morgan fingerprint density at radius 2 is 1.77 bits per heavy atom. The Kier molecular flexibility index (Phi) is 7.93. The van der Waals surface area contributed by atoms with Gasteiger partial charge in [0.25, 0.3) is 0 Å². The number of amides is 1. The zero-order chi connectivity index (χ0) is 14.0. The van der Waals surface area contributed by atoms with Gasteiger partial charge in [-0.05, 0) is 44.2 Å². The van der Waals surface area contributed by atoms with Gasteiger partial charge in [0.2, 0.25) is 5.91 Å². The molecule has 3 aliphatic rings. The Balaban J connectivity index is 0.00000121. The minimum atomic E-state index is 0. The third-order valence-corrected chi connectivity index (χ3v) is 5.81. The van der Waals surface area contributed by atoms with Gasteiger partial charge in [-0.2, -0.15) is 0 Å². The van der Waals surface area contributed by atoms with E-state index in [0.29, 0.717) is 24.9 Å². The quantitative estimate of drug-likeness (QED) is 0.849. The van der Waals surface area contributed by atoms with Crippen LogP contribution in [0.5, 0.6) is 0 Å². The first kappa shape index (κ1) is 20.0. The second kappa shape index (κ2) is 8.72. The largest absolute Gasteiger partial charge is 0.340 e. The number of carbonyl (C=O) groups excluding carboxylic acids is 1. The van der Waals surface area contributed by atoms with Crippen molar-refractivity contribution in [3.8, 4) is 0 Å². The number of nitrogens with two attached hydrogens (primary N) is 1. The Morgan fingerprint density at radius 3 is 2.45 bits per heavy atom. The SMILES string of the molecule is Cl.Cl.NCC1(CC(=O)N2CCN3CCCC3C2)CCCCC1. The summed E-state index contributed by atoms with van der Waals surface area (Å²) in [6.07, 6.45) is 9.39. The molecule has 2 heterocycles. The first-order valence-electron chi connectivity index (χ1n) is 8.44. The predicted octanol–water partition coefficient (Wildman–Crippen LogP) is 2.44.